The van der Waals surface area contributed by atoms with Crippen molar-refractivity contribution in [3.63, 3.8) is 0 Å². The van der Waals surface area contributed by atoms with Crippen LogP contribution in [0.4, 0.5) is 0 Å². The number of thiazole rings is 1. The summed E-state index contributed by atoms with van der Waals surface area (Å²) in [7, 11) is 0. The zero-order chi connectivity index (χ0) is 22.5. The van der Waals surface area contributed by atoms with E-state index >= 15 is 0 Å². The Bertz CT molecular complexity index is 1020. The van der Waals surface area contributed by atoms with Crippen LogP contribution in [0.3, 0.4) is 0 Å². The van der Waals surface area contributed by atoms with Gasteiger partial charge in [-0.2, -0.15) is 4.98 Å². The number of amides is 1. The van der Waals surface area contributed by atoms with Crippen molar-refractivity contribution in [2.75, 3.05) is 32.7 Å². The molecule has 2 aromatic heterocycles. The van der Waals surface area contributed by atoms with Crippen molar-refractivity contribution in [1.29, 1.82) is 0 Å². The Hall–Kier alpha value is -2.58. The Morgan fingerprint density at radius 3 is 2.59 bits per heavy atom. The zero-order valence-electron chi connectivity index (χ0n) is 19.1. The van der Waals surface area contributed by atoms with Crippen molar-refractivity contribution in [2.45, 2.75) is 40.0 Å². The third kappa shape index (κ3) is 5.81. The molecule has 0 unspecified atom stereocenters. The van der Waals surface area contributed by atoms with Crippen LogP contribution in [-0.4, -0.2) is 63.6 Å². The van der Waals surface area contributed by atoms with Gasteiger partial charge < -0.3 is 9.42 Å². The number of carbonyl (C=O) groups is 1. The quantitative estimate of drug-likeness (QED) is 0.511. The van der Waals surface area contributed by atoms with E-state index in [2.05, 4.69) is 52.9 Å². The van der Waals surface area contributed by atoms with E-state index in [-0.39, 0.29) is 5.91 Å². The van der Waals surface area contributed by atoms with Crippen LogP contribution in [0, 0.1) is 12.8 Å². The number of aromatic nitrogens is 3. The van der Waals surface area contributed by atoms with Crippen LogP contribution >= 0.6 is 11.3 Å². The molecule has 0 radical (unpaired) electrons. The molecule has 32 heavy (non-hydrogen) atoms. The smallest absolute Gasteiger partial charge is 0.273 e. The van der Waals surface area contributed by atoms with Crippen molar-refractivity contribution in [3.05, 3.63) is 51.8 Å². The minimum absolute atomic E-state index is 0.0606. The first-order valence-corrected chi connectivity index (χ1v) is 12.2. The summed E-state index contributed by atoms with van der Waals surface area (Å²) in [6.45, 7) is 10.6. The van der Waals surface area contributed by atoms with Gasteiger partial charge >= 0.3 is 0 Å². The molecule has 8 heteroatoms. The summed E-state index contributed by atoms with van der Waals surface area (Å²) in [4.78, 5) is 26.2. The van der Waals surface area contributed by atoms with Gasteiger partial charge in [0.15, 0.2) is 0 Å². The molecule has 1 saturated heterocycles. The fourth-order valence-electron chi connectivity index (χ4n) is 3.82. The SMILES string of the molecule is Cc1ccc(-c2noc(CCCN3CCN(C(=O)c4csc(CC(C)C)n4)CC3)n2)cc1. The van der Waals surface area contributed by atoms with Gasteiger partial charge in [0, 0.05) is 50.0 Å². The van der Waals surface area contributed by atoms with E-state index in [0.29, 0.717) is 23.3 Å². The van der Waals surface area contributed by atoms with Crippen LogP contribution in [0.15, 0.2) is 34.2 Å². The van der Waals surface area contributed by atoms with Crippen LogP contribution < -0.4 is 0 Å². The van der Waals surface area contributed by atoms with Gasteiger partial charge in [0.1, 0.15) is 5.69 Å². The highest BCUT2D eigenvalue weighted by Gasteiger charge is 2.24. The Labute approximate surface area is 193 Å². The monoisotopic (exact) mass is 453 g/mol. The lowest BCUT2D eigenvalue weighted by molar-refractivity contribution is 0.0630. The molecule has 0 spiro atoms. The van der Waals surface area contributed by atoms with E-state index in [9.17, 15) is 4.79 Å². The second-order valence-corrected chi connectivity index (χ2v) is 9.78. The molecule has 170 valence electrons. The molecule has 3 aromatic rings. The molecule has 1 aliphatic heterocycles. The first-order chi connectivity index (χ1) is 15.5. The number of hydrogen-bond acceptors (Lipinski definition) is 7. The maximum atomic E-state index is 12.8. The number of aryl methyl sites for hydroxylation is 2. The van der Waals surface area contributed by atoms with E-state index in [1.807, 2.05) is 22.4 Å². The molecule has 0 atom stereocenters. The maximum Gasteiger partial charge on any atom is 0.273 e. The van der Waals surface area contributed by atoms with Gasteiger partial charge in [-0.1, -0.05) is 48.8 Å². The summed E-state index contributed by atoms with van der Waals surface area (Å²) >= 11 is 1.59. The molecule has 1 fully saturated rings. The van der Waals surface area contributed by atoms with Crippen molar-refractivity contribution in [1.82, 2.24) is 24.9 Å². The second-order valence-electron chi connectivity index (χ2n) is 8.84. The molecule has 0 saturated carbocycles. The van der Waals surface area contributed by atoms with Gasteiger partial charge in [0.25, 0.3) is 5.91 Å². The fraction of sp³-hybridized carbons (Fsp3) is 0.500. The van der Waals surface area contributed by atoms with E-state index in [0.717, 1.165) is 62.6 Å². The Balaban J connectivity index is 1.20. The largest absolute Gasteiger partial charge is 0.339 e. The third-order valence-corrected chi connectivity index (χ3v) is 6.53. The standard InChI is InChI=1S/C24H31N5O2S/c1-17(2)15-22-25-20(16-32-22)24(30)29-13-11-28(12-14-29)10-4-5-21-26-23(27-31-21)19-8-6-18(3)7-9-19/h6-9,16-17H,4-5,10-15H2,1-3H3. The topological polar surface area (TPSA) is 75.4 Å². The lowest BCUT2D eigenvalue weighted by Gasteiger charge is -2.34. The molecule has 4 rings (SSSR count). The maximum absolute atomic E-state index is 12.8. The lowest BCUT2D eigenvalue weighted by atomic mass is 10.1. The predicted octanol–water partition coefficient (Wildman–Crippen LogP) is 4.09. The van der Waals surface area contributed by atoms with E-state index in [1.54, 1.807) is 11.3 Å². The molecule has 3 heterocycles. The summed E-state index contributed by atoms with van der Waals surface area (Å²) in [5.41, 5.74) is 2.78. The molecular weight excluding hydrogens is 422 g/mol. The van der Waals surface area contributed by atoms with Gasteiger partial charge in [0.2, 0.25) is 11.7 Å². The van der Waals surface area contributed by atoms with Crippen molar-refractivity contribution in [2.24, 2.45) is 5.92 Å². The van der Waals surface area contributed by atoms with Crippen molar-refractivity contribution in [3.8, 4) is 11.4 Å². The van der Waals surface area contributed by atoms with E-state index < -0.39 is 0 Å². The van der Waals surface area contributed by atoms with Crippen molar-refractivity contribution < 1.29 is 9.32 Å². The van der Waals surface area contributed by atoms with Crippen LogP contribution in [0.5, 0.6) is 0 Å². The molecule has 7 nitrogen and oxygen atoms in total. The molecule has 1 amide bonds. The second kappa shape index (κ2) is 10.4. The highest BCUT2D eigenvalue weighted by molar-refractivity contribution is 7.09. The number of carbonyl (C=O) groups excluding carboxylic acids is 1. The highest BCUT2D eigenvalue weighted by atomic mass is 32.1. The summed E-state index contributed by atoms with van der Waals surface area (Å²) in [6, 6.07) is 8.13. The molecule has 1 aliphatic rings. The zero-order valence-corrected chi connectivity index (χ0v) is 19.9. The van der Waals surface area contributed by atoms with Gasteiger partial charge in [-0.15, -0.1) is 11.3 Å². The molecule has 0 N–H and O–H groups in total. The average Bonchev–Trinajstić information content (AvgIpc) is 3.44. The number of benzene rings is 1. The summed E-state index contributed by atoms with van der Waals surface area (Å²) in [5.74, 6) is 1.93. The molecule has 0 aliphatic carbocycles. The predicted molar refractivity (Wildman–Crippen MR) is 126 cm³/mol. The summed E-state index contributed by atoms with van der Waals surface area (Å²) in [6.07, 6.45) is 2.64. The van der Waals surface area contributed by atoms with Gasteiger partial charge in [-0.25, -0.2) is 4.98 Å². The Morgan fingerprint density at radius 1 is 1.12 bits per heavy atom. The van der Waals surface area contributed by atoms with Gasteiger partial charge in [0.05, 0.1) is 5.01 Å². The average molecular weight is 454 g/mol. The van der Waals surface area contributed by atoms with Crippen LogP contribution in [0.2, 0.25) is 0 Å². The normalized spacial score (nSPS) is 14.9. The minimum atomic E-state index is 0.0606. The van der Waals surface area contributed by atoms with Crippen molar-refractivity contribution >= 4 is 17.2 Å². The first kappa shape index (κ1) is 22.6. The number of hydrogen-bond donors (Lipinski definition) is 0. The first-order valence-electron chi connectivity index (χ1n) is 11.3. The molecule has 1 aromatic carbocycles. The number of nitrogens with zero attached hydrogens (tertiary/aromatic N) is 5. The van der Waals surface area contributed by atoms with Crippen LogP contribution in [0.1, 0.15) is 47.2 Å². The minimum Gasteiger partial charge on any atom is -0.339 e. The number of piperazine rings is 1. The fourth-order valence-corrected chi connectivity index (χ4v) is 4.80. The van der Waals surface area contributed by atoms with Gasteiger partial charge in [-0.3, -0.25) is 9.69 Å². The Kier molecular flexibility index (Phi) is 7.32. The van der Waals surface area contributed by atoms with Crippen LogP contribution in [0.25, 0.3) is 11.4 Å². The summed E-state index contributed by atoms with van der Waals surface area (Å²) in [5, 5.41) is 7.06. The lowest BCUT2D eigenvalue weighted by Crippen LogP contribution is -2.49. The van der Waals surface area contributed by atoms with Crippen LogP contribution in [-0.2, 0) is 12.8 Å². The molecule has 0 bridgehead atoms. The van der Waals surface area contributed by atoms with Gasteiger partial charge in [-0.05, 0) is 25.8 Å². The third-order valence-electron chi connectivity index (χ3n) is 5.66. The summed E-state index contributed by atoms with van der Waals surface area (Å²) < 4.78 is 5.42. The van der Waals surface area contributed by atoms with E-state index in [1.165, 1.54) is 5.56 Å². The molecular formula is C24H31N5O2S. The van der Waals surface area contributed by atoms with E-state index in [4.69, 9.17) is 4.52 Å². The highest BCUT2D eigenvalue weighted by Crippen LogP contribution is 2.18. The Morgan fingerprint density at radius 2 is 1.88 bits per heavy atom. The number of rotatable bonds is 8.